The van der Waals surface area contributed by atoms with Crippen LogP contribution in [0.4, 0.5) is 0 Å². The van der Waals surface area contributed by atoms with Crippen LogP contribution in [0.25, 0.3) is 0 Å². The first-order valence-electron chi connectivity index (χ1n) is 6.22. The zero-order chi connectivity index (χ0) is 14.7. The molecule has 2 amide bonds. The monoisotopic (exact) mass is 293 g/mol. The van der Waals surface area contributed by atoms with E-state index in [1.54, 1.807) is 6.92 Å². The molecule has 0 spiro atoms. The van der Waals surface area contributed by atoms with Gasteiger partial charge in [-0.05, 0) is 33.1 Å². The van der Waals surface area contributed by atoms with Gasteiger partial charge in [0.25, 0.3) is 0 Å². The van der Waals surface area contributed by atoms with Crippen LogP contribution in [0.1, 0.15) is 48.5 Å². The van der Waals surface area contributed by atoms with Gasteiger partial charge >= 0.3 is 0 Å². The highest BCUT2D eigenvalue weighted by Gasteiger charge is 2.29. The molecule has 0 aromatic carbocycles. The molecule has 0 bridgehead atoms. The third-order valence-electron chi connectivity index (χ3n) is 2.47. The number of hydrogen-bond acceptors (Lipinski definition) is 3. The molecule has 0 aliphatic heterocycles. The SMILES string of the molecule is CC(NC(=O)[C@@H](N)C(C)(C)C)C(=O)NC(C)(C)C.Cl. The Labute approximate surface area is 122 Å². The van der Waals surface area contributed by atoms with Gasteiger partial charge in [-0.2, -0.15) is 0 Å². The lowest BCUT2D eigenvalue weighted by atomic mass is 9.87. The lowest BCUT2D eigenvalue weighted by Gasteiger charge is -2.28. The van der Waals surface area contributed by atoms with E-state index in [0.29, 0.717) is 0 Å². The van der Waals surface area contributed by atoms with Gasteiger partial charge in [0.2, 0.25) is 11.8 Å². The van der Waals surface area contributed by atoms with Crippen molar-refractivity contribution in [2.24, 2.45) is 11.1 Å². The van der Waals surface area contributed by atoms with E-state index in [0.717, 1.165) is 0 Å². The first kappa shape index (κ1) is 20.5. The average molecular weight is 294 g/mol. The maximum absolute atomic E-state index is 11.9. The summed E-state index contributed by atoms with van der Waals surface area (Å²) in [6.07, 6.45) is 0. The molecule has 0 aliphatic rings. The minimum absolute atomic E-state index is 0. The second-order valence-corrected chi connectivity index (χ2v) is 6.81. The Hall–Kier alpha value is -0.810. The molecule has 0 radical (unpaired) electrons. The Balaban J connectivity index is 0. The van der Waals surface area contributed by atoms with Crippen molar-refractivity contribution in [3.05, 3.63) is 0 Å². The number of nitrogens with two attached hydrogens (primary N) is 1. The molecule has 0 fully saturated rings. The van der Waals surface area contributed by atoms with Gasteiger partial charge in [0.15, 0.2) is 0 Å². The number of hydrogen-bond donors (Lipinski definition) is 3. The summed E-state index contributed by atoms with van der Waals surface area (Å²) in [6, 6.07) is -1.23. The van der Waals surface area contributed by atoms with Crippen LogP contribution in [0.2, 0.25) is 0 Å². The predicted octanol–water partition coefficient (Wildman–Crippen LogP) is 1.20. The van der Waals surface area contributed by atoms with E-state index in [9.17, 15) is 9.59 Å². The van der Waals surface area contributed by atoms with Crippen molar-refractivity contribution >= 4 is 24.2 Å². The minimum atomic E-state index is -0.637. The summed E-state index contributed by atoms with van der Waals surface area (Å²) in [5.41, 5.74) is 5.18. The topological polar surface area (TPSA) is 84.2 Å². The van der Waals surface area contributed by atoms with Crippen molar-refractivity contribution < 1.29 is 9.59 Å². The van der Waals surface area contributed by atoms with Gasteiger partial charge < -0.3 is 16.4 Å². The van der Waals surface area contributed by atoms with E-state index in [2.05, 4.69) is 10.6 Å². The molecular weight excluding hydrogens is 266 g/mol. The summed E-state index contributed by atoms with van der Waals surface area (Å²) in [4.78, 5) is 23.7. The highest BCUT2D eigenvalue weighted by molar-refractivity contribution is 5.90. The third kappa shape index (κ3) is 8.06. The summed E-state index contributed by atoms with van der Waals surface area (Å²) >= 11 is 0. The summed E-state index contributed by atoms with van der Waals surface area (Å²) in [5, 5.41) is 5.44. The van der Waals surface area contributed by atoms with Crippen LogP contribution in [-0.2, 0) is 9.59 Å². The Kier molecular flexibility index (Phi) is 7.66. The molecule has 0 aromatic rings. The highest BCUT2D eigenvalue weighted by atomic mass is 35.5. The fraction of sp³-hybridized carbons (Fsp3) is 0.846. The van der Waals surface area contributed by atoms with Crippen molar-refractivity contribution in [3.63, 3.8) is 0 Å². The normalized spacial score (nSPS) is 14.9. The standard InChI is InChI=1S/C13H27N3O2.ClH/c1-8(10(17)16-13(5,6)7)15-11(18)9(14)12(2,3)4;/h8-9H,14H2,1-7H3,(H,15,18)(H,16,17);1H/t8?,9-;/m1./s1. The molecule has 0 saturated carbocycles. The Morgan fingerprint density at radius 2 is 1.42 bits per heavy atom. The van der Waals surface area contributed by atoms with E-state index >= 15 is 0 Å². The van der Waals surface area contributed by atoms with Gasteiger partial charge in [0, 0.05) is 5.54 Å². The Morgan fingerprint density at radius 1 is 1.00 bits per heavy atom. The molecule has 0 rings (SSSR count). The number of carbonyl (C=O) groups is 2. The fourth-order valence-electron chi connectivity index (χ4n) is 1.24. The van der Waals surface area contributed by atoms with Crippen LogP contribution >= 0.6 is 12.4 Å². The fourth-order valence-corrected chi connectivity index (χ4v) is 1.24. The Bertz CT molecular complexity index is 319. The number of rotatable bonds is 3. The van der Waals surface area contributed by atoms with E-state index in [-0.39, 0.29) is 35.2 Å². The number of nitrogens with one attached hydrogen (secondary N) is 2. The smallest absolute Gasteiger partial charge is 0.242 e. The molecule has 6 heteroatoms. The quantitative estimate of drug-likeness (QED) is 0.731. The van der Waals surface area contributed by atoms with Crippen LogP contribution < -0.4 is 16.4 Å². The van der Waals surface area contributed by atoms with Crippen LogP contribution in [0.3, 0.4) is 0 Å². The first-order chi connectivity index (χ1) is 7.84. The van der Waals surface area contributed by atoms with Crippen LogP contribution in [0, 0.1) is 5.41 Å². The van der Waals surface area contributed by atoms with Crippen LogP contribution in [-0.4, -0.2) is 29.4 Å². The van der Waals surface area contributed by atoms with E-state index < -0.39 is 12.1 Å². The molecule has 4 N–H and O–H groups in total. The number of halogens is 1. The molecule has 0 aliphatic carbocycles. The molecule has 0 saturated heterocycles. The molecule has 0 aromatic heterocycles. The summed E-state index contributed by atoms with van der Waals surface area (Å²) in [5.74, 6) is -0.518. The predicted molar refractivity (Wildman–Crippen MR) is 80.2 cm³/mol. The van der Waals surface area contributed by atoms with E-state index in [1.165, 1.54) is 0 Å². The van der Waals surface area contributed by atoms with Crippen molar-refractivity contribution in [1.29, 1.82) is 0 Å². The van der Waals surface area contributed by atoms with Gasteiger partial charge in [0.05, 0.1) is 6.04 Å². The van der Waals surface area contributed by atoms with E-state index in [1.807, 2.05) is 41.5 Å². The van der Waals surface area contributed by atoms with Gasteiger partial charge in [-0.25, -0.2) is 0 Å². The zero-order valence-corrected chi connectivity index (χ0v) is 13.8. The first-order valence-corrected chi connectivity index (χ1v) is 6.22. The van der Waals surface area contributed by atoms with Crippen molar-refractivity contribution in [3.8, 4) is 0 Å². The number of amides is 2. The van der Waals surface area contributed by atoms with Gasteiger partial charge in [-0.1, -0.05) is 20.8 Å². The largest absolute Gasteiger partial charge is 0.350 e. The van der Waals surface area contributed by atoms with Gasteiger partial charge in [-0.3, -0.25) is 9.59 Å². The lowest BCUT2D eigenvalue weighted by Crippen LogP contribution is -2.56. The van der Waals surface area contributed by atoms with Crippen molar-refractivity contribution in [2.45, 2.75) is 66.1 Å². The minimum Gasteiger partial charge on any atom is -0.350 e. The maximum Gasteiger partial charge on any atom is 0.242 e. The summed E-state index contributed by atoms with van der Waals surface area (Å²) in [6.45, 7) is 13.0. The van der Waals surface area contributed by atoms with Crippen molar-refractivity contribution in [1.82, 2.24) is 10.6 Å². The molecular formula is C13H28ClN3O2. The molecule has 2 atom stereocenters. The van der Waals surface area contributed by atoms with Crippen LogP contribution in [0.15, 0.2) is 0 Å². The van der Waals surface area contributed by atoms with Crippen LogP contribution in [0.5, 0.6) is 0 Å². The molecule has 5 nitrogen and oxygen atoms in total. The molecule has 0 heterocycles. The second-order valence-electron chi connectivity index (χ2n) is 6.81. The summed E-state index contributed by atoms with van der Waals surface area (Å²) in [7, 11) is 0. The maximum atomic E-state index is 11.9. The second kappa shape index (κ2) is 7.10. The zero-order valence-electron chi connectivity index (χ0n) is 13.0. The third-order valence-corrected chi connectivity index (χ3v) is 2.47. The molecule has 114 valence electrons. The van der Waals surface area contributed by atoms with Gasteiger partial charge in [0.1, 0.15) is 6.04 Å². The highest BCUT2D eigenvalue weighted by Crippen LogP contribution is 2.17. The average Bonchev–Trinajstić information content (AvgIpc) is 2.12. The summed E-state index contributed by atoms with van der Waals surface area (Å²) < 4.78 is 0. The van der Waals surface area contributed by atoms with E-state index in [4.69, 9.17) is 5.73 Å². The molecule has 19 heavy (non-hydrogen) atoms. The Morgan fingerprint density at radius 3 is 1.74 bits per heavy atom. The number of carbonyl (C=O) groups excluding carboxylic acids is 2. The molecule has 1 unspecified atom stereocenters. The van der Waals surface area contributed by atoms with Crippen molar-refractivity contribution in [2.75, 3.05) is 0 Å². The lowest BCUT2D eigenvalue weighted by molar-refractivity contribution is -0.131. The van der Waals surface area contributed by atoms with Gasteiger partial charge in [-0.15, -0.1) is 12.4 Å².